The molecule has 314 valence electrons. The normalized spacial score (nSPS) is 16.2. The van der Waals surface area contributed by atoms with E-state index in [0.717, 1.165) is 6.42 Å². The monoisotopic (exact) mass is 836 g/mol. The fourth-order valence-corrected chi connectivity index (χ4v) is 12.2. The Morgan fingerprint density at radius 2 is 0.969 bits per heavy atom. The molecule has 0 fully saturated rings. The first kappa shape index (κ1) is 38.3. The van der Waals surface area contributed by atoms with Crippen molar-refractivity contribution in [1.82, 2.24) is 9.13 Å². The lowest BCUT2D eigenvalue weighted by Gasteiger charge is -2.39. The summed E-state index contributed by atoms with van der Waals surface area (Å²) in [7, 11) is 0. The Kier molecular flexibility index (Phi) is 7.92. The molecule has 1 atom stereocenters. The van der Waals surface area contributed by atoms with Crippen LogP contribution in [0.5, 0.6) is 0 Å². The van der Waals surface area contributed by atoms with E-state index in [1.165, 1.54) is 116 Å². The lowest BCUT2D eigenvalue weighted by Crippen LogP contribution is -2.33. The van der Waals surface area contributed by atoms with E-state index in [4.69, 9.17) is 0 Å². The van der Waals surface area contributed by atoms with Crippen LogP contribution >= 0.6 is 0 Å². The highest BCUT2D eigenvalue weighted by Gasteiger charge is 2.56. The summed E-state index contributed by atoms with van der Waals surface area (Å²) < 4.78 is 5.12. The van der Waals surface area contributed by atoms with Gasteiger partial charge in [-0.3, -0.25) is 0 Å². The first-order valence-electron chi connectivity index (χ1n) is 23.4. The number of benzene rings is 8. The number of fused-ring (bicyclic) bond motifs is 15. The molecule has 13 rings (SSSR count). The second-order valence-corrected chi connectivity index (χ2v) is 20.8. The van der Waals surface area contributed by atoms with E-state index in [1.807, 2.05) is 0 Å². The number of allylic oxidation sites excluding steroid dienone is 4. The lowest BCUT2D eigenvalue weighted by atomic mass is 9.65. The van der Waals surface area contributed by atoms with Crippen LogP contribution in [0.4, 0.5) is 0 Å². The summed E-state index contributed by atoms with van der Waals surface area (Å²) in [6.07, 6.45) is 5.81. The molecule has 3 aliphatic rings. The van der Waals surface area contributed by atoms with Crippen molar-refractivity contribution in [2.45, 2.75) is 70.3 Å². The van der Waals surface area contributed by atoms with Crippen LogP contribution < -0.4 is 0 Å². The number of hydrogen-bond acceptors (Lipinski definition) is 0. The van der Waals surface area contributed by atoms with Gasteiger partial charge < -0.3 is 9.13 Å². The van der Waals surface area contributed by atoms with Crippen molar-refractivity contribution in [2.75, 3.05) is 0 Å². The van der Waals surface area contributed by atoms with E-state index in [-0.39, 0.29) is 16.9 Å². The van der Waals surface area contributed by atoms with Crippen molar-refractivity contribution in [3.8, 4) is 27.9 Å². The molecule has 2 aromatic heterocycles. The third-order valence-corrected chi connectivity index (χ3v) is 15.2. The van der Waals surface area contributed by atoms with E-state index < -0.39 is 5.41 Å². The third-order valence-electron chi connectivity index (χ3n) is 15.2. The van der Waals surface area contributed by atoms with Crippen molar-refractivity contribution in [1.29, 1.82) is 0 Å². The molecule has 0 radical (unpaired) electrons. The van der Waals surface area contributed by atoms with Gasteiger partial charge in [0.15, 0.2) is 0 Å². The highest BCUT2D eigenvalue weighted by Crippen LogP contribution is 2.66. The van der Waals surface area contributed by atoms with Gasteiger partial charge in [0.25, 0.3) is 0 Å². The van der Waals surface area contributed by atoms with E-state index >= 15 is 0 Å². The maximum Gasteiger partial charge on any atom is 0.0708 e. The molecule has 0 N–H and O–H groups in total. The molecule has 1 spiro atoms. The van der Waals surface area contributed by atoms with Gasteiger partial charge in [-0.05, 0) is 133 Å². The first-order valence-corrected chi connectivity index (χ1v) is 23.4. The van der Waals surface area contributed by atoms with Gasteiger partial charge in [-0.15, -0.1) is 0 Å². The Labute approximate surface area is 381 Å². The standard InChI is InChI=1S/C63H52N2/c1-61(2,3)41-29-31-45-46-32-30-42(62(4,5)6)38-54(46)63(53(45)37-41)52-23-13-10-19-44(52)49-22-16-26-59(60(49)63)65-56-25-15-12-21-48(56)51-36-40(28-34-58(51)65)39-27-33-57-50(35-39)47-20-11-14-24-55(47)64(57)43-17-8-7-9-18-43/h7-25,27-38,59H,26H2,1-6H3. The van der Waals surface area contributed by atoms with Gasteiger partial charge >= 0.3 is 0 Å². The fourth-order valence-electron chi connectivity index (χ4n) is 12.2. The molecule has 10 aromatic rings. The maximum absolute atomic E-state index is 2.72. The highest BCUT2D eigenvalue weighted by atomic mass is 15.0. The van der Waals surface area contributed by atoms with Crippen LogP contribution in [0, 0.1) is 0 Å². The van der Waals surface area contributed by atoms with Crippen molar-refractivity contribution >= 4 is 49.2 Å². The Morgan fingerprint density at radius 3 is 1.63 bits per heavy atom. The van der Waals surface area contributed by atoms with Crippen LogP contribution in [-0.4, -0.2) is 9.13 Å². The summed E-state index contributed by atoms with van der Waals surface area (Å²) in [5, 5.41) is 5.13. The van der Waals surface area contributed by atoms with E-state index in [1.54, 1.807) is 0 Å². The van der Waals surface area contributed by atoms with Crippen LogP contribution in [-0.2, 0) is 16.2 Å². The summed E-state index contributed by atoms with van der Waals surface area (Å²) >= 11 is 0. The molecule has 8 aromatic carbocycles. The molecule has 0 aliphatic heterocycles. The summed E-state index contributed by atoms with van der Waals surface area (Å²) in [5.74, 6) is 0. The molecule has 65 heavy (non-hydrogen) atoms. The zero-order valence-electron chi connectivity index (χ0n) is 38.1. The average Bonchev–Trinajstić information content (AvgIpc) is 4.02. The summed E-state index contributed by atoms with van der Waals surface area (Å²) in [5.41, 5.74) is 22.2. The largest absolute Gasteiger partial charge is 0.333 e. The second kappa shape index (κ2) is 13.4. The summed E-state index contributed by atoms with van der Waals surface area (Å²) in [4.78, 5) is 0. The van der Waals surface area contributed by atoms with Crippen molar-refractivity contribution < 1.29 is 0 Å². The Morgan fingerprint density at radius 1 is 0.446 bits per heavy atom. The zero-order valence-corrected chi connectivity index (χ0v) is 38.1. The van der Waals surface area contributed by atoms with Crippen LogP contribution in [0.1, 0.15) is 87.4 Å². The van der Waals surface area contributed by atoms with Crippen molar-refractivity contribution in [2.24, 2.45) is 0 Å². The molecule has 0 saturated carbocycles. The molecule has 2 heterocycles. The summed E-state index contributed by atoms with van der Waals surface area (Å²) in [6, 6.07) is 67.2. The Bertz CT molecular complexity index is 3640. The van der Waals surface area contributed by atoms with Crippen LogP contribution in [0.2, 0.25) is 0 Å². The second-order valence-electron chi connectivity index (χ2n) is 20.8. The fraction of sp³-hybridized carbons (Fsp3) is 0.175. The molecule has 0 saturated heterocycles. The average molecular weight is 837 g/mol. The Hall–Kier alpha value is -7.16. The smallest absolute Gasteiger partial charge is 0.0708 e. The van der Waals surface area contributed by atoms with Gasteiger partial charge in [-0.1, -0.05) is 181 Å². The van der Waals surface area contributed by atoms with Crippen LogP contribution in [0.25, 0.3) is 77.1 Å². The van der Waals surface area contributed by atoms with E-state index in [2.05, 4.69) is 239 Å². The zero-order chi connectivity index (χ0) is 44.0. The molecule has 3 aliphatic carbocycles. The van der Waals surface area contributed by atoms with Gasteiger partial charge in [0, 0.05) is 38.3 Å². The molecular weight excluding hydrogens is 785 g/mol. The summed E-state index contributed by atoms with van der Waals surface area (Å²) in [6.45, 7) is 14.1. The number of para-hydroxylation sites is 3. The third kappa shape index (κ3) is 5.29. The topological polar surface area (TPSA) is 9.86 Å². The van der Waals surface area contributed by atoms with Crippen molar-refractivity contribution in [3.63, 3.8) is 0 Å². The Balaban J connectivity index is 1.05. The van der Waals surface area contributed by atoms with E-state index in [9.17, 15) is 0 Å². The molecule has 1 unspecified atom stereocenters. The van der Waals surface area contributed by atoms with E-state index in [0.29, 0.717) is 0 Å². The van der Waals surface area contributed by atoms with Gasteiger partial charge in [0.2, 0.25) is 0 Å². The highest BCUT2D eigenvalue weighted by molar-refractivity contribution is 6.12. The predicted octanol–water partition coefficient (Wildman–Crippen LogP) is 16.4. The number of nitrogens with zero attached hydrogens (tertiary/aromatic N) is 2. The SMILES string of the molecule is CC(C)(C)c1ccc2c(c1)C1(C3=C(C=CCC3n3c4ccccc4c4cc(-c5ccc6c(c5)c5ccccc5n6-c5ccccc5)ccc43)c3ccccc31)c1cc(C(C)(C)C)ccc1-2. The minimum absolute atomic E-state index is 0.00317. The quantitative estimate of drug-likeness (QED) is 0.168. The lowest BCUT2D eigenvalue weighted by molar-refractivity contribution is 0.543. The first-order chi connectivity index (χ1) is 31.5. The van der Waals surface area contributed by atoms with Gasteiger partial charge in [-0.25, -0.2) is 0 Å². The number of rotatable bonds is 3. The number of hydrogen-bond donors (Lipinski definition) is 0. The van der Waals surface area contributed by atoms with Gasteiger partial charge in [0.05, 0.1) is 22.5 Å². The maximum atomic E-state index is 2.72. The van der Waals surface area contributed by atoms with Crippen LogP contribution in [0.15, 0.2) is 194 Å². The number of aromatic nitrogens is 2. The molecular formula is C63H52N2. The molecule has 2 nitrogen and oxygen atoms in total. The molecule has 0 amide bonds. The molecule has 2 heteroatoms. The van der Waals surface area contributed by atoms with Gasteiger partial charge in [-0.2, -0.15) is 0 Å². The van der Waals surface area contributed by atoms with Crippen molar-refractivity contribution in [3.05, 3.63) is 227 Å². The molecule has 0 bridgehead atoms. The van der Waals surface area contributed by atoms with Gasteiger partial charge in [0.1, 0.15) is 0 Å². The predicted molar refractivity (Wildman–Crippen MR) is 275 cm³/mol. The minimum Gasteiger partial charge on any atom is -0.333 e. The van der Waals surface area contributed by atoms with Crippen LogP contribution in [0.3, 0.4) is 0 Å². The minimum atomic E-state index is -0.458.